The van der Waals surface area contributed by atoms with E-state index in [9.17, 15) is 4.79 Å². The molecule has 0 saturated carbocycles. The van der Waals surface area contributed by atoms with Crippen LogP contribution in [0.4, 0.5) is 5.69 Å². The fraction of sp³-hybridized carbons (Fsp3) is 0.350. The monoisotopic (exact) mass is 325 g/mol. The fourth-order valence-electron chi connectivity index (χ4n) is 2.71. The maximum atomic E-state index is 13.0. The molecule has 1 aliphatic heterocycles. The van der Waals surface area contributed by atoms with Crippen molar-refractivity contribution in [1.29, 1.82) is 0 Å². The Morgan fingerprint density at radius 1 is 1.21 bits per heavy atom. The Kier molecular flexibility index (Phi) is 5.16. The first kappa shape index (κ1) is 16.5. The van der Waals surface area contributed by atoms with Crippen LogP contribution in [0, 0.1) is 0 Å². The van der Waals surface area contributed by atoms with E-state index in [2.05, 4.69) is 6.92 Å². The Labute approximate surface area is 143 Å². The molecule has 126 valence electrons. The lowest BCUT2D eigenvalue weighted by Gasteiger charge is -2.20. The van der Waals surface area contributed by atoms with Gasteiger partial charge < -0.3 is 14.4 Å². The molecule has 0 aromatic heterocycles. The van der Waals surface area contributed by atoms with Crippen LogP contribution in [-0.4, -0.2) is 32.3 Å². The SMILES string of the molecule is CCCc1c(OCC2CO2)cccc1C(=O)N(C)c1ccccc1. The van der Waals surface area contributed by atoms with Crippen LogP contribution in [0.3, 0.4) is 0 Å². The smallest absolute Gasteiger partial charge is 0.258 e. The van der Waals surface area contributed by atoms with Gasteiger partial charge in [-0.05, 0) is 30.7 Å². The number of epoxide rings is 1. The van der Waals surface area contributed by atoms with Crippen LogP contribution in [-0.2, 0) is 11.2 Å². The summed E-state index contributed by atoms with van der Waals surface area (Å²) in [5.74, 6) is 0.775. The molecule has 24 heavy (non-hydrogen) atoms. The van der Waals surface area contributed by atoms with Gasteiger partial charge >= 0.3 is 0 Å². The number of anilines is 1. The highest BCUT2D eigenvalue weighted by atomic mass is 16.6. The normalized spacial score (nSPS) is 15.8. The molecule has 1 aliphatic rings. The van der Waals surface area contributed by atoms with Crippen molar-refractivity contribution in [3.63, 3.8) is 0 Å². The van der Waals surface area contributed by atoms with Crippen molar-refractivity contribution in [1.82, 2.24) is 0 Å². The molecule has 1 heterocycles. The second-order valence-corrected chi connectivity index (χ2v) is 6.00. The van der Waals surface area contributed by atoms with Crippen LogP contribution in [0.25, 0.3) is 0 Å². The predicted molar refractivity (Wildman–Crippen MR) is 94.8 cm³/mol. The van der Waals surface area contributed by atoms with Crippen LogP contribution in [0.2, 0.25) is 0 Å². The maximum Gasteiger partial charge on any atom is 0.258 e. The van der Waals surface area contributed by atoms with Gasteiger partial charge in [-0.3, -0.25) is 4.79 Å². The van der Waals surface area contributed by atoms with E-state index in [1.54, 1.807) is 11.9 Å². The zero-order chi connectivity index (χ0) is 16.9. The molecule has 0 spiro atoms. The van der Waals surface area contributed by atoms with E-state index in [0.717, 1.165) is 36.4 Å². The van der Waals surface area contributed by atoms with E-state index in [1.165, 1.54) is 0 Å². The lowest BCUT2D eigenvalue weighted by atomic mass is 10.0. The van der Waals surface area contributed by atoms with E-state index in [0.29, 0.717) is 12.2 Å². The first-order valence-corrected chi connectivity index (χ1v) is 8.40. The molecule has 0 radical (unpaired) electrons. The Morgan fingerprint density at radius 3 is 2.62 bits per heavy atom. The summed E-state index contributed by atoms with van der Waals surface area (Å²) >= 11 is 0. The lowest BCUT2D eigenvalue weighted by Crippen LogP contribution is -2.27. The molecular formula is C20H23NO3. The summed E-state index contributed by atoms with van der Waals surface area (Å²) in [4.78, 5) is 14.7. The number of benzene rings is 2. The summed E-state index contributed by atoms with van der Waals surface area (Å²) in [5, 5.41) is 0. The number of carbonyl (C=O) groups excluding carboxylic acids is 1. The first-order valence-electron chi connectivity index (χ1n) is 8.40. The van der Waals surface area contributed by atoms with Crippen molar-refractivity contribution >= 4 is 11.6 Å². The maximum absolute atomic E-state index is 13.0. The van der Waals surface area contributed by atoms with E-state index < -0.39 is 0 Å². The summed E-state index contributed by atoms with van der Waals surface area (Å²) in [6.07, 6.45) is 1.96. The molecule has 0 aliphatic carbocycles. The van der Waals surface area contributed by atoms with Gasteiger partial charge in [0, 0.05) is 23.9 Å². The zero-order valence-electron chi connectivity index (χ0n) is 14.2. The number of hydrogen-bond donors (Lipinski definition) is 0. The molecule has 4 nitrogen and oxygen atoms in total. The van der Waals surface area contributed by atoms with Crippen molar-refractivity contribution in [2.24, 2.45) is 0 Å². The summed E-state index contributed by atoms with van der Waals surface area (Å²) in [5.41, 5.74) is 2.56. The highest BCUT2D eigenvalue weighted by molar-refractivity contribution is 6.07. The first-order chi connectivity index (χ1) is 11.7. The summed E-state index contributed by atoms with van der Waals surface area (Å²) in [6.45, 7) is 3.41. The van der Waals surface area contributed by atoms with Crippen LogP contribution in [0.1, 0.15) is 29.3 Å². The lowest BCUT2D eigenvalue weighted by molar-refractivity contribution is 0.0991. The third-order valence-corrected chi connectivity index (χ3v) is 4.14. The predicted octanol–water partition coefficient (Wildman–Crippen LogP) is 3.69. The molecule has 0 N–H and O–H groups in total. The standard InChI is InChI=1S/C20H23NO3/c1-3-8-17-18(11-7-12-19(17)24-14-16-13-23-16)20(22)21(2)15-9-5-4-6-10-15/h4-7,9-12,16H,3,8,13-14H2,1-2H3. The van der Waals surface area contributed by atoms with Gasteiger partial charge in [-0.25, -0.2) is 0 Å². The van der Waals surface area contributed by atoms with Gasteiger partial charge in [0.1, 0.15) is 18.5 Å². The van der Waals surface area contributed by atoms with E-state index >= 15 is 0 Å². The molecule has 1 saturated heterocycles. The van der Waals surface area contributed by atoms with Gasteiger partial charge in [0.2, 0.25) is 0 Å². The van der Waals surface area contributed by atoms with Crippen molar-refractivity contribution in [2.75, 3.05) is 25.2 Å². The Hall–Kier alpha value is -2.33. The minimum atomic E-state index is -0.0160. The van der Waals surface area contributed by atoms with Crippen molar-refractivity contribution in [2.45, 2.75) is 25.9 Å². The average Bonchev–Trinajstić information content (AvgIpc) is 3.45. The molecule has 3 rings (SSSR count). The Bertz CT molecular complexity index is 695. The molecule has 1 unspecified atom stereocenters. The highest BCUT2D eigenvalue weighted by Gasteiger charge is 2.25. The third-order valence-electron chi connectivity index (χ3n) is 4.14. The van der Waals surface area contributed by atoms with E-state index in [-0.39, 0.29) is 12.0 Å². The van der Waals surface area contributed by atoms with Crippen molar-refractivity contribution in [3.05, 3.63) is 59.7 Å². The van der Waals surface area contributed by atoms with Crippen LogP contribution < -0.4 is 9.64 Å². The number of ether oxygens (including phenoxy) is 2. The van der Waals surface area contributed by atoms with Crippen molar-refractivity contribution in [3.8, 4) is 5.75 Å². The van der Waals surface area contributed by atoms with Gasteiger partial charge in [0.05, 0.1) is 6.61 Å². The molecule has 4 heteroatoms. The Balaban J connectivity index is 1.87. The van der Waals surface area contributed by atoms with E-state index in [4.69, 9.17) is 9.47 Å². The number of rotatable bonds is 7. The second-order valence-electron chi connectivity index (χ2n) is 6.00. The van der Waals surface area contributed by atoms with Gasteiger partial charge in [-0.2, -0.15) is 0 Å². The van der Waals surface area contributed by atoms with Crippen molar-refractivity contribution < 1.29 is 14.3 Å². The highest BCUT2D eigenvalue weighted by Crippen LogP contribution is 2.27. The molecule has 0 bridgehead atoms. The number of carbonyl (C=O) groups is 1. The number of hydrogen-bond acceptors (Lipinski definition) is 3. The molecule has 1 atom stereocenters. The minimum absolute atomic E-state index is 0.0160. The number of nitrogens with zero attached hydrogens (tertiary/aromatic N) is 1. The zero-order valence-corrected chi connectivity index (χ0v) is 14.2. The molecule has 1 amide bonds. The fourth-order valence-corrected chi connectivity index (χ4v) is 2.71. The molecule has 2 aromatic carbocycles. The van der Waals surface area contributed by atoms with Gasteiger partial charge in [0.15, 0.2) is 0 Å². The third kappa shape index (κ3) is 3.77. The average molecular weight is 325 g/mol. The second kappa shape index (κ2) is 7.49. The topological polar surface area (TPSA) is 42.1 Å². The van der Waals surface area contributed by atoms with Crippen LogP contribution in [0.15, 0.2) is 48.5 Å². The van der Waals surface area contributed by atoms with E-state index in [1.807, 2.05) is 48.5 Å². The largest absolute Gasteiger partial charge is 0.490 e. The number of para-hydroxylation sites is 1. The minimum Gasteiger partial charge on any atom is -0.490 e. The summed E-state index contributed by atoms with van der Waals surface area (Å²) in [6, 6.07) is 15.4. The molecule has 1 fully saturated rings. The quantitative estimate of drug-likeness (QED) is 0.729. The molecule has 2 aromatic rings. The Morgan fingerprint density at radius 2 is 1.96 bits per heavy atom. The summed E-state index contributed by atoms with van der Waals surface area (Å²) < 4.78 is 11.1. The number of amides is 1. The van der Waals surface area contributed by atoms with Gasteiger partial charge in [-0.15, -0.1) is 0 Å². The molecular weight excluding hydrogens is 302 g/mol. The van der Waals surface area contributed by atoms with Gasteiger partial charge in [-0.1, -0.05) is 37.6 Å². The van der Waals surface area contributed by atoms with Gasteiger partial charge in [0.25, 0.3) is 5.91 Å². The summed E-state index contributed by atoms with van der Waals surface area (Å²) in [7, 11) is 1.80. The van der Waals surface area contributed by atoms with Crippen LogP contribution >= 0.6 is 0 Å². The van der Waals surface area contributed by atoms with Crippen LogP contribution in [0.5, 0.6) is 5.75 Å².